The van der Waals surface area contributed by atoms with E-state index in [9.17, 15) is 31.1 Å². The lowest BCUT2D eigenvalue weighted by atomic mass is 9.90. The van der Waals surface area contributed by atoms with Gasteiger partial charge in [-0.2, -0.15) is 26.3 Å². The molecule has 0 radical (unpaired) electrons. The first-order chi connectivity index (χ1) is 18.6. The van der Waals surface area contributed by atoms with Gasteiger partial charge in [0, 0.05) is 27.0 Å². The molecule has 0 bridgehead atoms. The summed E-state index contributed by atoms with van der Waals surface area (Å²) in [6.45, 7) is 6.25. The molecular formula is C30H34F6O3S. The first-order valence-electron chi connectivity index (χ1n) is 13.2. The number of alkyl halides is 6. The van der Waals surface area contributed by atoms with Crippen LogP contribution in [-0.2, 0) is 22.1 Å². The number of furan rings is 1. The fourth-order valence-corrected chi connectivity index (χ4v) is 5.36. The van der Waals surface area contributed by atoms with Crippen LogP contribution in [0, 0.1) is 11.3 Å². The van der Waals surface area contributed by atoms with Gasteiger partial charge in [0.05, 0.1) is 24.5 Å². The highest BCUT2D eigenvalue weighted by molar-refractivity contribution is 7.99. The summed E-state index contributed by atoms with van der Waals surface area (Å²) < 4.78 is 92.7. The third-order valence-electron chi connectivity index (χ3n) is 6.46. The molecule has 1 heterocycles. The van der Waals surface area contributed by atoms with Crippen LogP contribution in [0.1, 0.15) is 64.5 Å². The third kappa shape index (κ3) is 8.94. The number of unbranched alkanes of at least 4 members (excludes halogenated alkanes) is 2. The summed E-state index contributed by atoms with van der Waals surface area (Å²) >= 11 is 1.14. The summed E-state index contributed by atoms with van der Waals surface area (Å²) in [5.74, 6) is -0.981. The van der Waals surface area contributed by atoms with Crippen molar-refractivity contribution in [2.75, 3.05) is 12.4 Å². The summed E-state index contributed by atoms with van der Waals surface area (Å²) in [4.78, 5) is 12.4. The van der Waals surface area contributed by atoms with Gasteiger partial charge in [-0.25, -0.2) is 0 Å². The van der Waals surface area contributed by atoms with E-state index in [0.717, 1.165) is 31.0 Å². The maximum Gasteiger partial charge on any atom is 0.417 e. The summed E-state index contributed by atoms with van der Waals surface area (Å²) in [6.07, 6.45) is -6.90. The minimum atomic E-state index is -4.57. The Kier molecular flexibility index (Phi) is 10.3. The second-order valence-electron chi connectivity index (χ2n) is 10.8. The van der Waals surface area contributed by atoms with Gasteiger partial charge in [-0.05, 0) is 48.7 Å². The number of carbonyl (C=O) groups excluding carboxylic acids is 1. The van der Waals surface area contributed by atoms with Gasteiger partial charge in [-0.15, -0.1) is 11.8 Å². The second kappa shape index (κ2) is 12.9. The van der Waals surface area contributed by atoms with Gasteiger partial charge < -0.3 is 9.15 Å². The number of benzene rings is 2. The van der Waals surface area contributed by atoms with Crippen molar-refractivity contribution >= 4 is 28.7 Å². The van der Waals surface area contributed by atoms with E-state index in [0.29, 0.717) is 27.8 Å². The Labute approximate surface area is 234 Å². The molecule has 0 saturated carbocycles. The van der Waals surface area contributed by atoms with E-state index < -0.39 is 48.2 Å². The molecule has 0 spiro atoms. The van der Waals surface area contributed by atoms with Crippen LogP contribution in [0.5, 0.6) is 0 Å². The molecule has 1 aromatic heterocycles. The Morgan fingerprint density at radius 1 is 1.00 bits per heavy atom. The Hall–Kier alpha value is -2.62. The number of fused-ring (bicyclic) bond motifs is 1. The average molecular weight is 589 g/mol. The van der Waals surface area contributed by atoms with Crippen molar-refractivity contribution in [1.82, 2.24) is 0 Å². The zero-order valence-corrected chi connectivity index (χ0v) is 23.8. The Morgan fingerprint density at radius 2 is 1.73 bits per heavy atom. The first kappa shape index (κ1) is 31.9. The van der Waals surface area contributed by atoms with Crippen molar-refractivity contribution in [2.45, 2.75) is 77.0 Å². The summed E-state index contributed by atoms with van der Waals surface area (Å²) in [7, 11) is 0. The van der Waals surface area contributed by atoms with E-state index in [1.54, 1.807) is 38.1 Å². The van der Waals surface area contributed by atoms with Crippen LogP contribution in [0.15, 0.2) is 51.8 Å². The van der Waals surface area contributed by atoms with Crippen molar-refractivity contribution in [1.29, 1.82) is 0 Å². The molecule has 0 aliphatic carbocycles. The average Bonchev–Trinajstić information content (AvgIpc) is 3.28. The van der Waals surface area contributed by atoms with Crippen molar-refractivity contribution < 1.29 is 40.3 Å². The lowest BCUT2D eigenvalue weighted by molar-refractivity contribution is -0.169. The van der Waals surface area contributed by atoms with E-state index >= 15 is 0 Å². The predicted octanol–water partition coefficient (Wildman–Crippen LogP) is 10.1. The molecule has 0 aliphatic rings. The van der Waals surface area contributed by atoms with Crippen molar-refractivity contribution in [3.8, 4) is 11.3 Å². The maximum absolute atomic E-state index is 14.0. The van der Waals surface area contributed by atoms with Crippen LogP contribution in [0.25, 0.3) is 22.3 Å². The van der Waals surface area contributed by atoms with Gasteiger partial charge in [0.1, 0.15) is 11.3 Å². The fraction of sp³-hybridized carbons (Fsp3) is 0.500. The molecule has 1 atom stereocenters. The number of hydrogen-bond donors (Lipinski definition) is 0. The lowest BCUT2D eigenvalue weighted by Crippen LogP contribution is -2.34. The molecule has 0 aliphatic heterocycles. The molecular weight excluding hydrogens is 554 g/mol. The zero-order chi connectivity index (χ0) is 29.7. The molecule has 40 heavy (non-hydrogen) atoms. The molecule has 10 heteroatoms. The molecule has 0 amide bonds. The maximum atomic E-state index is 14.0. The van der Waals surface area contributed by atoms with Gasteiger partial charge in [-0.1, -0.05) is 52.7 Å². The van der Waals surface area contributed by atoms with E-state index in [4.69, 9.17) is 9.15 Å². The van der Waals surface area contributed by atoms with Crippen LogP contribution in [0.3, 0.4) is 0 Å². The number of halogens is 6. The number of esters is 1. The smallest absolute Gasteiger partial charge is 0.417 e. The molecule has 3 aromatic rings. The van der Waals surface area contributed by atoms with E-state index in [2.05, 4.69) is 0 Å². The van der Waals surface area contributed by atoms with Gasteiger partial charge in [-0.3, -0.25) is 4.79 Å². The molecule has 2 aromatic carbocycles. The Morgan fingerprint density at radius 3 is 2.35 bits per heavy atom. The quantitative estimate of drug-likeness (QED) is 0.0914. The van der Waals surface area contributed by atoms with Gasteiger partial charge in [0.2, 0.25) is 0 Å². The Balaban J connectivity index is 1.84. The highest BCUT2D eigenvalue weighted by Gasteiger charge is 2.40. The fourth-order valence-electron chi connectivity index (χ4n) is 4.31. The van der Waals surface area contributed by atoms with Crippen molar-refractivity contribution in [3.05, 3.63) is 53.6 Å². The van der Waals surface area contributed by atoms with Crippen LogP contribution < -0.4 is 0 Å². The van der Waals surface area contributed by atoms with Crippen molar-refractivity contribution in [2.24, 2.45) is 11.3 Å². The largest absolute Gasteiger partial charge is 0.465 e. The number of hydrogen-bond acceptors (Lipinski definition) is 4. The SMILES string of the molecule is CCCCCc1ccc(-c2cc3ccc(SCC(C)(COC(=O)C(C)C)CC(F)(F)F)cc3o2)c(C(F)(F)F)c1. The highest BCUT2D eigenvalue weighted by atomic mass is 32.2. The monoisotopic (exact) mass is 588 g/mol. The first-order valence-corrected chi connectivity index (χ1v) is 14.2. The minimum absolute atomic E-state index is 0.00528. The zero-order valence-electron chi connectivity index (χ0n) is 23.0. The van der Waals surface area contributed by atoms with E-state index in [1.807, 2.05) is 6.92 Å². The number of aryl methyl sites for hydroxylation is 1. The molecule has 3 nitrogen and oxygen atoms in total. The lowest BCUT2D eigenvalue weighted by Gasteiger charge is -2.30. The molecule has 3 rings (SSSR count). The number of rotatable bonds is 12. The standard InChI is InChI=1S/C30H34F6O3S/c1-5-6-7-8-20-9-12-23(24(13-20)30(34,35)36)26-14-21-10-11-22(15-25(21)39-26)40-18-28(4,16-29(31,32)33)17-38-27(37)19(2)3/h9-15,19H,5-8,16-18H2,1-4H3. The molecule has 0 fully saturated rings. The topological polar surface area (TPSA) is 39.4 Å². The molecule has 1 unspecified atom stereocenters. The normalized spacial score (nSPS) is 14.1. The number of carbonyl (C=O) groups is 1. The number of thioether (sulfide) groups is 1. The molecule has 220 valence electrons. The van der Waals surface area contributed by atoms with Crippen LogP contribution in [0.2, 0.25) is 0 Å². The van der Waals surface area contributed by atoms with Gasteiger partial charge in [0.15, 0.2) is 0 Å². The second-order valence-corrected chi connectivity index (χ2v) is 11.8. The summed E-state index contributed by atoms with van der Waals surface area (Å²) in [5, 5.41) is 0.573. The van der Waals surface area contributed by atoms with Crippen LogP contribution in [-0.4, -0.2) is 24.5 Å². The van der Waals surface area contributed by atoms with E-state index in [1.165, 1.54) is 25.1 Å². The van der Waals surface area contributed by atoms with Gasteiger partial charge in [0.25, 0.3) is 0 Å². The van der Waals surface area contributed by atoms with Gasteiger partial charge >= 0.3 is 18.3 Å². The predicted molar refractivity (Wildman–Crippen MR) is 145 cm³/mol. The minimum Gasteiger partial charge on any atom is -0.465 e. The third-order valence-corrected chi connectivity index (χ3v) is 7.89. The summed E-state index contributed by atoms with van der Waals surface area (Å²) in [6, 6.07) is 10.8. The van der Waals surface area contributed by atoms with Crippen LogP contribution in [0.4, 0.5) is 26.3 Å². The molecule has 0 N–H and O–H groups in total. The highest BCUT2D eigenvalue weighted by Crippen LogP contribution is 2.42. The van der Waals surface area contributed by atoms with Crippen LogP contribution >= 0.6 is 11.8 Å². The number of ether oxygens (including phenoxy) is 1. The summed E-state index contributed by atoms with van der Waals surface area (Å²) in [5.41, 5.74) is -1.28. The van der Waals surface area contributed by atoms with Crippen molar-refractivity contribution in [3.63, 3.8) is 0 Å². The Bertz CT molecular complexity index is 1290. The van der Waals surface area contributed by atoms with E-state index in [-0.39, 0.29) is 17.1 Å². The molecule has 0 saturated heterocycles.